The highest BCUT2D eigenvalue weighted by molar-refractivity contribution is 7.98. The Kier molecular flexibility index (Phi) is 5.53. The average Bonchev–Trinajstić information content (AvgIpc) is 3.09. The predicted molar refractivity (Wildman–Crippen MR) is 104 cm³/mol. The third-order valence-electron chi connectivity index (χ3n) is 3.73. The van der Waals surface area contributed by atoms with Crippen molar-refractivity contribution in [2.24, 2.45) is 5.84 Å². The fourth-order valence-electron chi connectivity index (χ4n) is 2.49. The van der Waals surface area contributed by atoms with Gasteiger partial charge in [0.15, 0.2) is 0 Å². The maximum atomic E-state index is 5.94. The van der Waals surface area contributed by atoms with Crippen LogP contribution in [0.2, 0.25) is 5.02 Å². The predicted octanol–water partition coefficient (Wildman–Crippen LogP) is 4.14. The molecule has 25 heavy (non-hydrogen) atoms. The molecule has 3 aromatic rings. The SMILES string of the molecule is CSc1cccc(N(C)N)c1COc1ccn(-c2ccc(Cl)cc2)n1. The number of ether oxygens (including phenoxy) is 1. The summed E-state index contributed by atoms with van der Waals surface area (Å²) in [5.41, 5.74) is 2.90. The number of hydrogen-bond acceptors (Lipinski definition) is 5. The van der Waals surface area contributed by atoms with Gasteiger partial charge in [-0.2, -0.15) is 0 Å². The van der Waals surface area contributed by atoms with E-state index in [1.54, 1.807) is 21.5 Å². The highest BCUT2D eigenvalue weighted by Gasteiger charge is 2.12. The average molecular weight is 375 g/mol. The Bertz CT molecular complexity index is 849. The van der Waals surface area contributed by atoms with Gasteiger partial charge in [-0.25, -0.2) is 10.5 Å². The van der Waals surface area contributed by atoms with Gasteiger partial charge < -0.3 is 9.75 Å². The van der Waals surface area contributed by atoms with Gasteiger partial charge in [0.1, 0.15) is 6.61 Å². The number of benzene rings is 2. The molecule has 0 amide bonds. The first kappa shape index (κ1) is 17.7. The standard InChI is InChI=1S/C18H19ClN4OS/c1-22(20)16-4-3-5-17(25-2)15(16)12-24-18-10-11-23(21-18)14-8-6-13(19)7-9-14/h3-11H,12,20H2,1-2H3. The molecule has 7 heteroatoms. The lowest BCUT2D eigenvalue weighted by molar-refractivity contribution is 0.289. The van der Waals surface area contributed by atoms with Crippen molar-refractivity contribution in [3.8, 4) is 11.6 Å². The molecule has 0 saturated heterocycles. The van der Waals surface area contributed by atoms with Gasteiger partial charge in [0.2, 0.25) is 5.88 Å². The molecular formula is C18H19ClN4OS. The summed E-state index contributed by atoms with van der Waals surface area (Å²) in [7, 11) is 1.82. The summed E-state index contributed by atoms with van der Waals surface area (Å²) in [6.07, 6.45) is 3.89. The van der Waals surface area contributed by atoms with E-state index >= 15 is 0 Å². The molecule has 0 aliphatic rings. The number of hydrogen-bond donors (Lipinski definition) is 1. The van der Waals surface area contributed by atoms with E-state index < -0.39 is 0 Å². The third kappa shape index (κ3) is 4.10. The van der Waals surface area contributed by atoms with Crippen LogP contribution in [0.3, 0.4) is 0 Å². The summed E-state index contributed by atoms with van der Waals surface area (Å²) in [5.74, 6) is 6.49. The lowest BCUT2D eigenvalue weighted by Crippen LogP contribution is -2.26. The van der Waals surface area contributed by atoms with Crippen LogP contribution in [-0.2, 0) is 6.61 Å². The van der Waals surface area contributed by atoms with Crippen molar-refractivity contribution in [1.29, 1.82) is 0 Å². The van der Waals surface area contributed by atoms with Crippen molar-refractivity contribution >= 4 is 29.1 Å². The van der Waals surface area contributed by atoms with Crippen molar-refractivity contribution < 1.29 is 4.74 Å². The third-order valence-corrected chi connectivity index (χ3v) is 4.80. The van der Waals surface area contributed by atoms with E-state index in [-0.39, 0.29) is 0 Å². The minimum absolute atomic E-state index is 0.394. The summed E-state index contributed by atoms with van der Waals surface area (Å²) in [6.45, 7) is 0.394. The van der Waals surface area contributed by atoms with Crippen LogP contribution in [0.15, 0.2) is 59.6 Å². The number of halogens is 1. The Labute approximate surface area is 156 Å². The molecule has 0 atom stereocenters. The number of thioether (sulfide) groups is 1. The van der Waals surface area contributed by atoms with Crippen LogP contribution < -0.4 is 15.6 Å². The molecule has 0 fully saturated rings. The first-order valence-electron chi connectivity index (χ1n) is 7.67. The summed E-state index contributed by atoms with van der Waals surface area (Å²) >= 11 is 7.59. The number of aromatic nitrogens is 2. The first-order valence-corrected chi connectivity index (χ1v) is 9.27. The van der Waals surface area contributed by atoms with Crippen LogP contribution in [-0.4, -0.2) is 23.1 Å². The van der Waals surface area contributed by atoms with E-state index in [0.29, 0.717) is 17.5 Å². The van der Waals surface area contributed by atoms with Crippen molar-refractivity contribution in [1.82, 2.24) is 9.78 Å². The van der Waals surface area contributed by atoms with Crippen molar-refractivity contribution in [2.45, 2.75) is 11.5 Å². The van der Waals surface area contributed by atoms with Crippen LogP contribution >= 0.6 is 23.4 Å². The Balaban J connectivity index is 1.78. The topological polar surface area (TPSA) is 56.3 Å². The van der Waals surface area contributed by atoms with Crippen LogP contribution in [0.5, 0.6) is 5.88 Å². The second-order valence-corrected chi connectivity index (χ2v) is 6.72. The fraction of sp³-hybridized carbons (Fsp3) is 0.167. The molecular weight excluding hydrogens is 356 g/mol. The van der Waals surface area contributed by atoms with Gasteiger partial charge in [0.05, 0.1) is 11.4 Å². The van der Waals surface area contributed by atoms with Gasteiger partial charge in [-0.15, -0.1) is 16.9 Å². The molecule has 5 nitrogen and oxygen atoms in total. The molecule has 0 bridgehead atoms. The second kappa shape index (κ2) is 7.82. The fourth-order valence-corrected chi connectivity index (χ4v) is 3.24. The Morgan fingerprint density at radius 3 is 2.64 bits per heavy atom. The smallest absolute Gasteiger partial charge is 0.233 e. The molecule has 1 aromatic heterocycles. The van der Waals surface area contributed by atoms with E-state index in [4.69, 9.17) is 22.2 Å². The summed E-state index contributed by atoms with van der Waals surface area (Å²) in [5, 5.41) is 6.75. The van der Waals surface area contributed by atoms with E-state index in [2.05, 4.69) is 11.2 Å². The van der Waals surface area contributed by atoms with Gasteiger partial charge in [-0.05, 0) is 42.7 Å². The minimum Gasteiger partial charge on any atom is -0.472 e. The van der Waals surface area contributed by atoms with E-state index in [1.165, 1.54) is 0 Å². The maximum absolute atomic E-state index is 5.94. The van der Waals surface area contributed by atoms with Crippen LogP contribution in [0.1, 0.15) is 5.56 Å². The quantitative estimate of drug-likeness (QED) is 0.399. The lowest BCUT2D eigenvalue weighted by Gasteiger charge is -2.19. The number of nitrogens with two attached hydrogens (primary N) is 1. The van der Waals surface area contributed by atoms with Gasteiger partial charge in [0, 0.05) is 34.8 Å². The molecule has 0 spiro atoms. The van der Waals surface area contributed by atoms with Crippen molar-refractivity contribution in [2.75, 3.05) is 18.3 Å². The molecule has 3 rings (SSSR count). The zero-order valence-corrected chi connectivity index (χ0v) is 15.6. The van der Waals surface area contributed by atoms with Crippen molar-refractivity contribution in [3.63, 3.8) is 0 Å². The number of rotatable bonds is 6. The molecule has 0 saturated carbocycles. The molecule has 0 unspecified atom stereocenters. The highest BCUT2D eigenvalue weighted by Crippen LogP contribution is 2.29. The van der Waals surface area contributed by atoms with Gasteiger partial charge >= 0.3 is 0 Å². The normalized spacial score (nSPS) is 10.7. The molecule has 0 aliphatic heterocycles. The van der Waals surface area contributed by atoms with Gasteiger partial charge in [-0.1, -0.05) is 17.7 Å². The Morgan fingerprint density at radius 2 is 1.96 bits per heavy atom. The minimum atomic E-state index is 0.394. The molecule has 1 heterocycles. The first-order chi connectivity index (χ1) is 12.1. The Hall–Kier alpha value is -2.15. The number of anilines is 1. The molecule has 130 valence electrons. The lowest BCUT2D eigenvalue weighted by atomic mass is 10.2. The second-order valence-electron chi connectivity index (χ2n) is 5.43. The largest absolute Gasteiger partial charge is 0.472 e. The van der Waals surface area contributed by atoms with E-state index in [0.717, 1.165) is 21.8 Å². The van der Waals surface area contributed by atoms with Crippen LogP contribution in [0.4, 0.5) is 5.69 Å². The molecule has 0 radical (unpaired) electrons. The Morgan fingerprint density at radius 1 is 1.20 bits per heavy atom. The number of nitrogens with zero attached hydrogens (tertiary/aromatic N) is 3. The summed E-state index contributed by atoms with van der Waals surface area (Å²) < 4.78 is 7.65. The summed E-state index contributed by atoms with van der Waals surface area (Å²) in [6, 6.07) is 15.3. The number of hydrazine groups is 1. The van der Waals surface area contributed by atoms with E-state index in [1.807, 2.05) is 62.0 Å². The van der Waals surface area contributed by atoms with Crippen LogP contribution in [0.25, 0.3) is 5.69 Å². The van der Waals surface area contributed by atoms with E-state index in [9.17, 15) is 0 Å². The highest BCUT2D eigenvalue weighted by atomic mass is 35.5. The van der Waals surface area contributed by atoms with Crippen LogP contribution in [0, 0.1) is 0 Å². The molecule has 2 aromatic carbocycles. The molecule has 2 N–H and O–H groups in total. The van der Waals surface area contributed by atoms with Gasteiger partial charge in [0.25, 0.3) is 0 Å². The van der Waals surface area contributed by atoms with Crippen molar-refractivity contribution in [3.05, 3.63) is 65.3 Å². The molecule has 0 aliphatic carbocycles. The zero-order chi connectivity index (χ0) is 17.8. The summed E-state index contributed by atoms with van der Waals surface area (Å²) in [4.78, 5) is 1.13. The maximum Gasteiger partial charge on any atom is 0.233 e. The zero-order valence-electron chi connectivity index (χ0n) is 14.0. The van der Waals surface area contributed by atoms with Gasteiger partial charge in [-0.3, -0.25) is 0 Å². The monoisotopic (exact) mass is 374 g/mol.